The lowest BCUT2D eigenvalue weighted by Gasteiger charge is -2.35. The lowest BCUT2D eigenvalue weighted by Crippen LogP contribution is -2.47. The van der Waals surface area contributed by atoms with Gasteiger partial charge in [0, 0.05) is 18.3 Å². The van der Waals surface area contributed by atoms with E-state index in [9.17, 15) is 4.79 Å². The summed E-state index contributed by atoms with van der Waals surface area (Å²) in [7, 11) is 0. The van der Waals surface area contributed by atoms with Crippen molar-refractivity contribution >= 4 is 11.9 Å². The zero-order valence-corrected chi connectivity index (χ0v) is 12.6. The molecule has 1 aromatic rings. The van der Waals surface area contributed by atoms with Crippen LogP contribution in [-0.4, -0.2) is 52.9 Å². The molecule has 1 aliphatic heterocycles. The molecule has 1 aromatic heterocycles. The van der Waals surface area contributed by atoms with Gasteiger partial charge in [0.05, 0.1) is 31.8 Å². The van der Waals surface area contributed by atoms with Crippen LogP contribution in [0, 0.1) is 6.92 Å². The van der Waals surface area contributed by atoms with E-state index in [0.717, 1.165) is 5.69 Å². The number of hydrogen-bond donors (Lipinski definition) is 1. The molecule has 1 atom stereocenters. The van der Waals surface area contributed by atoms with E-state index in [1.54, 1.807) is 6.07 Å². The number of rotatable bonds is 5. The highest BCUT2D eigenvalue weighted by Crippen LogP contribution is 2.21. The summed E-state index contributed by atoms with van der Waals surface area (Å²) in [5, 5.41) is 9.01. The summed E-state index contributed by atoms with van der Waals surface area (Å²) in [5.74, 6) is 0.148. The Kier molecular flexibility index (Phi) is 4.95. The molecule has 0 radical (unpaired) electrons. The number of aryl methyl sites for hydroxylation is 1. The molecule has 0 bridgehead atoms. The van der Waals surface area contributed by atoms with Gasteiger partial charge in [0.15, 0.2) is 0 Å². The second-order valence-corrected chi connectivity index (χ2v) is 5.33. The van der Waals surface area contributed by atoms with E-state index in [1.807, 2.05) is 25.7 Å². The van der Waals surface area contributed by atoms with Gasteiger partial charge < -0.3 is 19.5 Å². The Morgan fingerprint density at radius 2 is 2.33 bits per heavy atom. The van der Waals surface area contributed by atoms with Gasteiger partial charge in [0.1, 0.15) is 0 Å². The van der Waals surface area contributed by atoms with Gasteiger partial charge in [0.2, 0.25) is 11.8 Å². The smallest absolute Gasteiger partial charge is 0.305 e. The van der Waals surface area contributed by atoms with Crippen LogP contribution < -0.4 is 9.64 Å². The number of aromatic nitrogens is 2. The molecule has 7 nitrogen and oxygen atoms in total. The molecular formula is C14H21N3O4. The summed E-state index contributed by atoms with van der Waals surface area (Å²) >= 11 is 0. The van der Waals surface area contributed by atoms with Crippen LogP contribution in [0.1, 0.15) is 26.0 Å². The van der Waals surface area contributed by atoms with Crippen molar-refractivity contribution in [2.24, 2.45) is 0 Å². The minimum atomic E-state index is -0.859. The van der Waals surface area contributed by atoms with E-state index in [4.69, 9.17) is 14.6 Å². The first kappa shape index (κ1) is 15.5. The zero-order chi connectivity index (χ0) is 15.4. The molecule has 7 heteroatoms. The van der Waals surface area contributed by atoms with Crippen molar-refractivity contribution in [3.8, 4) is 5.88 Å². The van der Waals surface area contributed by atoms with Gasteiger partial charge in [-0.3, -0.25) is 4.79 Å². The second kappa shape index (κ2) is 6.71. The van der Waals surface area contributed by atoms with Crippen LogP contribution in [0.25, 0.3) is 0 Å². The molecule has 2 rings (SSSR count). The predicted molar refractivity (Wildman–Crippen MR) is 76.7 cm³/mol. The summed E-state index contributed by atoms with van der Waals surface area (Å²) in [6.45, 7) is 7.20. The Balaban J connectivity index is 2.25. The van der Waals surface area contributed by atoms with Crippen molar-refractivity contribution in [2.45, 2.75) is 39.3 Å². The van der Waals surface area contributed by atoms with E-state index in [0.29, 0.717) is 31.6 Å². The number of morpholine rings is 1. The minimum absolute atomic E-state index is 0.00231. The number of carboxylic acids is 1. The van der Waals surface area contributed by atoms with Crippen LogP contribution in [-0.2, 0) is 9.53 Å². The highest BCUT2D eigenvalue weighted by atomic mass is 16.5. The molecule has 116 valence electrons. The van der Waals surface area contributed by atoms with Gasteiger partial charge in [0.25, 0.3) is 0 Å². The number of carboxylic acid groups (broad SMARTS) is 1. The molecule has 0 aliphatic carbocycles. The average Bonchev–Trinajstić information content (AvgIpc) is 2.37. The quantitative estimate of drug-likeness (QED) is 0.875. The van der Waals surface area contributed by atoms with E-state index >= 15 is 0 Å². The normalized spacial score (nSPS) is 18.9. The van der Waals surface area contributed by atoms with Crippen LogP contribution >= 0.6 is 0 Å². The van der Waals surface area contributed by atoms with Gasteiger partial charge in [-0.05, 0) is 20.8 Å². The number of carbonyl (C=O) groups is 1. The first-order valence-electron chi connectivity index (χ1n) is 7.04. The largest absolute Gasteiger partial charge is 0.481 e. The number of aliphatic carboxylic acids is 1. The molecule has 1 unspecified atom stereocenters. The molecule has 1 N–H and O–H groups in total. The van der Waals surface area contributed by atoms with Crippen molar-refractivity contribution in [1.82, 2.24) is 9.97 Å². The highest BCUT2D eigenvalue weighted by Gasteiger charge is 2.27. The Morgan fingerprint density at radius 1 is 1.57 bits per heavy atom. The fraction of sp³-hybridized carbons (Fsp3) is 0.643. The maximum Gasteiger partial charge on any atom is 0.305 e. The topological polar surface area (TPSA) is 84.8 Å². The molecular weight excluding hydrogens is 274 g/mol. The van der Waals surface area contributed by atoms with Gasteiger partial charge in [-0.25, -0.2) is 4.98 Å². The van der Waals surface area contributed by atoms with Gasteiger partial charge in [-0.2, -0.15) is 4.98 Å². The van der Waals surface area contributed by atoms with E-state index in [-0.39, 0.29) is 18.6 Å². The highest BCUT2D eigenvalue weighted by molar-refractivity contribution is 5.68. The van der Waals surface area contributed by atoms with Crippen LogP contribution in [0.3, 0.4) is 0 Å². The average molecular weight is 295 g/mol. The van der Waals surface area contributed by atoms with Crippen LogP contribution in [0.15, 0.2) is 6.07 Å². The van der Waals surface area contributed by atoms with Crippen LogP contribution in [0.2, 0.25) is 0 Å². The molecule has 1 fully saturated rings. The molecule has 0 aromatic carbocycles. The third kappa shape index (κ3) is 4.29. The zero-order valence-electron chi connectivity index (χ0n) is 12.6. The van der Waals surface area contributed by atoms with Crippen molar-refractivity contribution in [1.29, 1.82) is 0 Å². The number of hydrogen-bond acceptors (Lipinski definition) is 6. The lowest BCUT2D eigenvalue weighted by atomic mass is 10.1. The Hall–Kier alpha value is -1.89. The number of nitrogens with zero attached hydrogens (tertiary/aromatic N) is 3. The first-order valence-corrected chi connectivity index (χ1v) is 7.04. The summed E-state index contributed by atoms with van der Waals surface area (Å²) in [5.41, 5.74) is 0.788. The fourth-order valence-corrected chi connectivity index (χ4v) is 2.24. The second-order valence-electron chi connectivity index (χ2n) is 5.33. The third-order valence-electron chi connectivity index (χ3n) is 3.07. The van der Waals surface area contributed by atoms with Gasteiger partial charge in [-0.15, -0.1) is 0 Å². The van der Waals surface area contributed by atoms with Crippen molar-refractivity contribution in [3.05, 3.63) is 11.8 Å². The molecule has 1 aliphatic rings. The minimum Gasteiger partial charge on any atom is -0.481 e. The molecule has 1 saturated heterocycles. The molecule has 0 saturated carbocycles. The summed E-state index contributed by atoms with van der Waals surface area (Å²) in [6, 6.07) is 1.51. The Labute approximate surface area is 123 Å². The van der Waals surface area contributed by atoms with E-state index < -0.39 is 5.97 Å². The monoisotopic (exact) mass is 295 g/mol. The van der Waals surface area contributed by atoms with E-state index in [2.05, 4.69) is 9.97 Å². The molecule has 21 heavy (non-hydrogen) atoms. The summed E-state index contributed by atoms with van der Waals surface area (Å²) in [6.07, 6.45) is 0.0177. The predicted octanol–water partition coefficient (Wildman–Crippen LogP) is 1.25. The van der Waals surface area contributed by atoms with Crippen LogP contribution in [0.4, 0.5) is 5.95 Å². The number of anilines is 1. The van der Waals surface area contributed by atoms with Crippen molar-refractivity contribution < 1.29 is 19.4 Å². The Bertz CT molecular complexity index is 507. The number of ether oxygens (including phenoxy) is 2. The Morgan fingerprint density at radius 3 is 3.00 bits per heavy atom. The maximum atomic E-state index is 11.0. The SMILES string of the molecule is Cc1cc(OC(C)C)nc(N2CCOCC2CC(=O)O)n1. The molecule has 2 heterocycles. The van der Waals surface area contributed by atoms with Gasteiger partial charge >= 0.3 is 5.97 Å². The van der Waals surface area contributed by atoms with E-state index in [1.165, 1.54) is 0 Å². The van der Waals surface area contributed by atoms with Crippen molar-refractivity contribution in [2.75, 3.05) is 24.7 Å². The van der Waals surface area contributed by atoms with Crippen LogP contribution in [0.5, 0.6) is 5.88 Å². The first-order chi connectivity index (χ1) is 9.95. The standard InChI is InChI=1S/C14H21N3O4/c1-9(2)21-12-6-10(3)15-14(16-12)17-4-5-20-8-11(17)7-13(18)19/h6,9,11H,4-5,7-8H2,1-3H3,(H,18,19). The fourth-order valence-electron chi connectivity index (χ4n) is 2.24. The molecule has 0 spiro atoms. The van der Waals surface area contributed by atoms with Gasteiger partial charge in [-0.1, -0.05) is 0 Å². The summed E-state index contributed by atoms with van der Waals surface area (Å²) < 4.78 is 11.0. The summed E-state index contributed by atoms with van der Waals surface area (Å²) in [4.78, 5) is 21.7. The lowest BCUT2D eigenvalue weighted by molar-refractivity contribution is -0.138. The third-order valence-corrected chi connectivity index (χ3v) is 3.07. The maximum absolute atomic E-state index is 11.0. The van der Waals surface area contributed by atoms with Crippen molar-refractivity contribution in [3.63, 3.8) is 0 Å². The molecule has 0 amide bonds.